The van der Waals surface area contributed by atoms with Gasteiger partial charge in [0.15, 0.2) is 5.82 Å². The van der Waals surface area contributed by atoms with Crippen LogP contribution in [0.4, 0.5) is 11.9 Å². The average molecular weight is 290 g/mol. The molecule has 20 heavy (non-hydrogen) atoms. The van der Waals surface area contributed by atoms with Crippen molar-refractivity contribution in [2.75, 3.05) is 23.7 Å². The number of halogens is 1. The number of nitrogens with two attached hydrogens (primary N) is 1. The maximum Gasteiger partial charge on any atom is 0.230 e. The van der Waals surface area contributed by atoms with Gasteiger partial charge >= 0.3 is 0 Å². The standard InChI is InChI=1S/C14H16ClN5/c15-11-7-3-2-6-10(11)12-17-13(16)19-14(18-12)20-8-4-1-5-9-20/h2-3,6-7H,1,4-5,8-9H2,(H2,16,17,18,19). The van der Waals surface area contributed by atoms with Gasteiger partial charge in [-0.15, -0.1) is 0 Å². The lowest BCUT2D eigenvalue weighted by Crippen LogP contribution is -2.31. The van der Waals surface area contributed by atoms with E-state index in [1.54, 1.807) is 0 Å². The lowest BCUT2D eigenvalue weighted by atomic mass is 10.1. The van der Waals surface area contributed by atoms with Crippen LogP contribution in [0.1, 0.15) is 19.3 Å². The van der Waals surface area contributed by atoms with Crippen LogP contribution in [-0.2, 0) is 0 Å². The Morgan fingerprint density at radius 1 is 1.00 bits per heavy atom. The van der Waals surface area contributed by atoms with Crippen molar-refractivity contribution in [3.63, 3.8) is 0 Å². The van der Waals surface area contributed by atoms with E-state index < -0.39 is 0 Å². The predicted octanol–water partition coefficient (Wildman–Crippen LogP) is 2.76. The van der Waals surface area contributed by atoms with Crippen LogP contribution < -0.4 is 10.6 Å². The third kappa shape index (κ3) is 2.67. The Balaban J connectivity index is 2.00. The van der Waals surface area contributed by atoms with E-state index in [9.17, 15) is 0 Å². The molecular formula is C14H16ClN5. The van der Waals surface area contributed by atoms with Gasteiger partial charge in [-0.05, 0) is 31.4 Å². The largest absolute Gasteiger partial charge is 0.368 e. The summed E-state index contributed by atoms with van der Waals surface area (Å²) in [6.45, 7) is 1.93. The number of benzene rings is 1. The van der Waals surface area contributed by atoms with Gasteiger partial charge in [0, 0.05) is 18.7 Å². The summed E-state index contributed by atoms with van der Waals surface area (Å²) in [6.07, 6.45) is 3.58. The Bertz CT molecular complexity index is 610. The Morgan fingerprint density at radius 2 is 1.75 bits per heavy atom. The first-order chi connectivity index (χ1) is 9.74. The highest BCUT2D eigenvalue weighted by Gasteiger charge is 2.16. The van der Waals surface area contributed by atoms with Crippen molar-refractivity contribution < 1.29 is 0 Å². The van der Waals surface area contributed by atoms with Gasteiger partial charge in [0.2, 0.25) is 11.9 Å². The maximum atomic E-state index is 6.19. The monoisotopic (exact) mass is 289 g/mol. The fraction of sp³-hybridized carbons (Fsp3) is 0.357. The second-order valence-electron chi connectivity index (χ2n) is 4.84. The molecule has 0 atom stereocenters. The summed E-state index contributed by atoms with van der Waals surface area (Å²) in [7, 11) is 0. The van der Waals surface area contributed by atoms with Crippen LogP contribution in [0.5, 0.6) is 0 Å². The number of hydrogen-bond donors (Lipinski definition) is 1. The minimum Gasteiger partial charge on any atom is -0.368 e. The number of aromatic nitrogens is 3. The molecule has 5 nitrogen and oxygen atoms in total. The number of nitrogens with zero attached hydrogens (tertiary/aromatic N) is 4. The second-order valence-corrected chi connectivity index (χ2v) is 5.25. The first kappa shape index (κ1) is 13.1. The predicted molar refractivity (Wildman–Crippen MR) is 80.7 cm³/mol. The SMILES string of the molecule is Nc1nc(-c2ccccc2Cl)nc(N2CCCCC2)n1. The number of rotatable bonds is 2. The molecule has 1 aromatic heterocycles. The zero-order chi connectivity index (χ0) is 13.9. The van der Waals surface area contributed by atoms with Crippen molar-refractivity contribution in [2.24, 2.45) is 0 Å². The molecule has 0 bridgehead atoms. The topological polar surface area (TPSA) is 67.9 Å². The first-order valence-corrected chi connectivity index (χ1v) is 7.13. The normalized spacial score (nSPS) is 15.3. The summed E-state index contributed by atoms with van der Waals surface area (Å²) in [5.41, 5.74) is 6.60. The third-order valence-corrected chi connectivity index (χ3v) is 3.72. The summed E-state index contributed by atoms with van der Waals surface area (Å²) < 4.78 is 0. The molecule has 0 saturated carbocycles. The highest BCUT2D eigenvalue weighted by molar-refractivity contribution is 6.33. The number of anilines is 2. The molecule has 1 saturated heterocycles. The van der Waals surface area contributed by atoms with E-state index in [1.807, 2.05) is 24.3 Å². The summed E-state index contributed by atoms with van der Waals surface area (Å²) in [4.78, 5) is 15.1. The number of hydrogen-bond acceptors (Lipinski definition) is 5. The van der Waals surface area contributed by atoms with Crippen LogP contribution in [-0.4, -0.2) is 28.0 Å². The van der Waals surface area contributed by atoms with E-state index in [0.717, 1.165) is 31.5 Å². The van der Waals surface area contributed by atoms with E-state index in [-0.39, 0.29) is 5.95 Å². The van der Waals surface area contributed by atoms with E-state index in [4.69, 9.17) is 17.3 Å². The van der Waals surface area contributed by atoms with E-state index >= 15 is 0 Å². The van der Waals surface area contributed by atoms with Gasteiger partial charge in [-0.2, -0.15) is 15.0 Å². The molecule has 6 heteroatoms. The van der Waals surface area contributed by atoms with Crippen LogP contribution in [0.3, 0.4) is 0 Å². The zero-order valence-corrected chi connectivity index (χ0v) is 11.8. The second kappa shape index (κ2) is 5.63. The Morgan fingerprint density at radius 3 is 2.50 bits per heavy atom. The van der Waals surface area contributed by atoms with Crippen LogP contribution in [0.15, 0.2) is 24.3 Å². The molecule has 0 spiro atoms. The van der Waals surface area contributed by atoms with Gasteiger partial charge in [0.25, 0.3) is 0 Å². The van der Waals surface area contributed by atoms with E-state index in [2.05, 4.69) is 19.9 Å². The molecule has 1 aliphatic heterocycles. The van der Waals surface area contributed by atoms with Crippen LogP contribution >= 0.6 is 11.6 Å². The molecule has 2 N–H and O–H groups in total. The highest BCUT2D eigenvalue weighted by atomic mass is 35.5. The van der Waals surface area contributed by atoms with Gasteiger partial charge in [-0.3, -0.25) is 0 Å². The van der Waals surface area contributed by atoms with Gasteiger partial charge in [0.05, 0.1) is 5.02 Å². The van der Waals surface area contributed by atoms with E-state index in [0.29, 0.717) is 16.8 Å². The molecule has 0 unspecified atom stereocenters. The van der Waals surface area contributed by atoms with Gasteiger partial charge in [-0.1, -0.05) is 23.7 Å². The minimum absolute atomic E-state index is 0.232. The number of nitrogen functional groups attached to an aromatic ring is 1. The van der Waals surface area contributed by atoms with E-state index in [1.165, 1.54) is 6.42 Å². The van der Waals surface area contributed by atoms with Crippen molar-refractivity contribution in [3.8, 4) is 11.4 Å². The molecule has 1 aromatic carbocycles. The fourth-order valence-corrected chi connectivity index (χ4v) is 2.60. The molecule has 1 fully saturated rings. The van der Waals surface area contributed by atoms with Gasteiger partial charge < -0.3 is 10.6 Å². The lowest BCUT2D eigenvalue weighted by Gasteiger charge is -2.26. The quantitative estimate of drug-likeness (QED) is 0.921. The molecule has 0 amide bonds. The summed E-state index contributed by atoms with van der Waals surface area (Å²) in [5.74, 6) is 1.41. The molecule has 3 rings (SSSR count). The highest BCUT2D eigenvalue weighted by Crippen LogP contribution is 2.26. The van der Waals surface area contributed by atoms with Crippen LogP contribution in [0.25, 0.3) is 11.4 Å². The van der Waals surface area contributed by atoms with Crippen molar-refractivity contribution in [1.29, 1.82) is 0 Å². The Hall–Kier alpha value is -1.88. The van der Waals surface area contributed by atoms with Crippen LogP contribution in [0, 0.1) is 0 Å². The molecule has 0 aliphatic carbocycles. The van der Waals surface area contributed by atoms with Crippen molar-refractivity contribution in [2.45, 2.75) is 19.3 Å². The van der Waals surface area contributed by atoms with Crippen LogP contribution in [0.2, 0.25) is 5.02 Å². The molecule has 0 radical (unpaired) electrons. The van der Waals surface area contributed by atoms with Gasteiger partial charge in [-0.25, -0.2) is 0 Å². The third-order valence-electron chi connectivity index (χ3n) is 3.39. The average Bonchev–Trinajstić information content (AvgIpc) is 2.48. The summed E-state index contributed by atoms with van der Waals surface area (Å²) >= 11 is 6.19. The first-order valence-electron chi connectivity index (χ1n) is 6.75. The smallest absolute Gasteiger partial charge is 0.230 e. The van der Waals surface area contributed by atoms with Crippen molar-refractivity contribution >= 4 is 23.5 Å². The Kier molecular flexibility index (Phi) is 3.69. The van der Waals surface area contributed by atoms with Crippen molar-refractivity contribution in [3.05, 3.63) is 29.3 Å². The fourth-order valence-electron chi connectivity index (χ4n) is 2.38. The molecular weight excluding hydrogens is 274 g/mol. The Labute approximate surface area is 122 Å². The molecule has 2 aromatic rings. The number of piperidine rings is 1. The molecule has 1 aliphatic rings. The maximum absolute atomic E-state index is 6.19. The van der Waals surface area contributed by atoms with Gasteiger partial charge in [0.1, 0.15) is 0 Å². The zero-order valence-electron chi connectivity index (χ0n) is 11.1. The lowest BCUT2D eigenvalue weighted by molar-refractivity contribution is 0.568. The summed E-state index contributed by atoms with van der Waals surface area (Å²) in [6, 6.07) is 7.48. The summed E-state index contributed by atoms with van der Waals surface area (Å²) in [5, 5.41) is 0.614. The molecule has 2 heterocycles. The van der Waals surface area contributed by atoms with Crippen molar-refractivity contribution in [1.82, 2.24) is 15.0 Å². The molecule has 104 valence electrons. The minimum atomic E-state index is 0.232.